The first-order valence-electron chi connectivity index (χ1n) is 5.49. The van der Waals surface area contributed by atoms with Gasteiger partial charge in [0, 0.05) is 16.6 Å². The van der Waals surface area contributed by atoms with E-state index in [-0.39, 0.29) is 0 Å². The minimum Gasteiger partial charge on any atom is -0.496 e. The molecule has 0 unspecified atom stereocenters. The number of ether oxygens (including phenoxy) is 1. The first-order valence-corrected chi connectivity index (χ1v) is 6.47. The summed E-state index contributed by atoms with van der Waals surface area (Å²) >= 11 is 1.83. The molecule has 0 amide bonds. The molecule has 1 aromatic carbocycles. The lowest BCUT2D eigenvalue weighted by Gasteiger charge is -2.17. The lowest BCUT2D eigenvalue weighted by Crippen LogP contribution is -2.05. The van der Waals surface area contributed by atoms with Crippen LogP contribution in [0, 0.1) is 5.41 Å². The molecule has 16 heavy (non-hydrogen) atoms. The third-order valence-electron chi connectivity index (χ3n) is 2.30. The minimum absolute atomic E-state index is 0.383. The van der Waals surface area contributed by atoms with Crippen LogP contribution in [0.3, 0.4) is 0 Å². The largest absolute Gasteiger partial charge is 0.496 e. The molecule has 0 heterocycles. The van der Waals surface area contributed by atoms with Crippen LogP contribution < -0.4 is 10.5 Å². The van der Waals surface area contributed by atoms with Gasteiger partial charge in [-0.3, -0.25) is 0 Å². The molecule has 0 spiro atoms. The number of anilines is 1. The summed E-state index contributed by atoms with van der Waals surface area (Å²) in [6, 6.07) is 5.82. The van der Waals surface area contributed by atoms with E-state index in [9.17, 15) is 0 Å². The maximum absolute atomic E-state index is 5.71. The molecule has 3 heteroatoms. The highest BCUT2D eigenvalue weighted by atomic mass is 32.2. The Morgan fingerprint density at radius 1 is 1.31 bits per heavy atom. The van der Waals surface area contributed by atoms with Crippen LogP contribution in [-0.4, -0.2) is 12.9 Å². The van der Waals surface area contributed by atoms with E-state index in [1.807, 2.05) is 30.0 Å². The van der Waals surface area contributed by atoms with Gasteiger partial charge in [0.1, 0.15) is 5.75 Å². The molecule has 2 N–H and O–H groups in total. The van der Waals surface area contributed by atoms with Crippen LogP contribution in [0.1, 0.15) is 27.2 Å². The third-order valence-corrected chi connectivity index (χ3v) is 3.35. The summed E-state index contributed by atoms with van der Waals surface area (Å²) < 4.78 is 5.31. The number of benzene rings is 1. The summed E-state index contributed by atoms with van der Waals surface area (Å²) in [5, 5.41) is 0. The van der Waals surface area contributed by atoms with Crippen LogP contribution in [0.5, 0.6) is 5.75 Å². The summed E-state index contributed by atoms with van der Waals surface area (Å²) in [6.07, 6.45) is 1.19. The van der Waals surface area contributed by atoms with E-state index in [2.05, 4.69) is 20.8 Å². The van der Waals surface area contributed by atoms with Gasteiger partial charge < -0.3 is 10.5 Å². The highest BCUT2D eigenvalue weighted by Gasteiger charge is 2.11. The van der Waals surface area contributed by atoms with Crippen molar-refractivity contribution < 1.29 is 4.74 Å². The molecular weight excluding hydrogens is 218 g/mol. The Labute approximate surface area is 103 Å². The molecule has 0 saturated heterocycles. The zero-order valence-corrected chi connectivity index (χ0v) is 11.4. The van der Waals surface area contributed by atoms with Gasteiger partial charge in [-0.1, -0.05) is 20.8 Å². The van der Waals surface area contributed by atoms with Crippen molar-refractivity contribution in [2.24, 2.45) is 5.41 Å². The Hall–Kier alpha value is -0.830. The zero-order chi connectivity index (χ0) is 12.2. The maximum Gasteiger partial charge on any atom is 0.134 e. The second-order valence-electron chi connectivity index (χ2n) is 5.07. The van der Waals surface area contributed by atoms with E-state index in [1.165, 1.54) is 11.3 Å². The number of thioether (sulfide) groups is 1. The van der Waals surface area contributed by atoms with Gasteiger partial charge in [-0.15, -0.1) is 11.8 Å². The van der Waals surface area contributed by atoms with E-state index in [0.29, 0.717) is 5.41 Å². The molecule has 1 rings (SSSR count). The highest BCUT2D eigenvalue weighted by Crippen LogP contribution is 2.33. The van der Waals surface area contributed by atoms with E-state index in [1.54, 1.807) is 7.11 Å². The van der Waals surface area contributed by atoms with E-state index in [4.69, 9.17) is 10.5 Å². The van der Waals surface area contributed by atoms with E-state index >= 15 is 0 Å². The van der Waals surface area contributed by atoms with Crippen LogP contribution >= 0.6 is 11.8 Å². The Morgan fingerprint density at radius 3 is 2.56 bits per heavy atom. The van der Waals surface area contributed by atoms with Crippen LogP contribution in [-0.2, 0) is 0 Å². The second-order valence-corrected chi connectivity index (χ2v) is 6.21. The quantitative estimate of drug-likeness (QED) is 0.641. The van der Waals surface area contributed by atoms with Crippen molar-refractivity contribution in [2.75, 3.05) is 18.6 Å². The average Bonchev–Trinajstić information content (AvgIpc) is 2.18. The van der Waals surface area contributed by atoms with Gasteiger partial charge in [-0.05, 0) is 29.7 Å². The number of nitrogen functional groups attached to an aromatic ring is 1. The molecule has 0 aliphatic carbocycles. The smallest absolute Gasteiger partial charge is 0.134 e. The van der Waals surface area contributed by atoms with Gasteiger partial charge in [-0.2, -0.15) is 0 Å². The maximum atomic E-state index is 5.71. The number of methoxy groups -OCH3 is 1. The monoisotopic (exact) mass is 239 g/mol. The number of hydrogen-bond donors (Lipinski definition) is 1. The molecule has 0 bridgehead atoms. The summed E-state index contributed by atoms with van der Waals surface area (Å²) in [5.74, 6) is 1.97. The number of rotatable bonds is 4. The first-order chi connectivity index (χ1) is 7.42. The van der Waals surface area contributed by atoms with Crippen LogP contribution in [0.25, 0.3) is 0 Å². The zero-order valence-electron chi connectivity index (χ0n) is 10.5. The molecule has 0 aliphatic rings. The number of hydrogen-bond acceptors (Lipinski definition) is 3. The Balaban J connectivity index is 2.60. The van der Waals surface area contributed by atoms with Crippen molar-refractivity contribution in [1.82, 2.24) is 0 Å². The fraction of sp³-hybridized carbons (Fsp3) is 0.538. The fourth-order valence-corrected chi connectivity index (χ4v) is 2.65. The van der Waals surface area contributed by atoms with Gasteiger partial charge in [0.2, 0.25) is 0 Å². The Kier molecular flexibility index (Phi) is 4.54. The van der Waals surface area contributed by atoms with E-state index < -0.39 is 0 Å². The molecule has 0 fully saturated rings. The Morgan fingerprint density at radius 2 is 2.00 bits per heavy atom. The van der Waals surface area contributed by atoms with E-state index in [0.717, 1.165) is 17.2 Å². The van der Waals surface area contributed by atoms with Crippen molar-refractivity contribution in [2.45, 2.75) is 32.1 Å². The van der Waals surface area contributed by atoms with Crippen molar-refractivity contribution in [1.29, 1.82) is 0 Å². The van der Waals surface area contributed by atoms with Gasteiger partial charge in [0.05, 0.1) is 7.11 Å². The molecule has 0 atom stereocenters. The first kappa shape index (κ1) is 13.2. The fourth-order valence-electron chi connectivity index (χ4n) is 1.27. The summed E-state index contributed by atoms with van der Waals surface area (Å²) in [5.41, 5.74) is 6.84. The van der Waals surface area contributed by atoms with Gasteiger partial charge in [0.25, 0.3) is 0 Å². The average molecular weight is 239 g/mol. The van der Waals surface area contributed by atoms with Gasteiger partial charge in [-0.25, -0.2) is 0 Å². The molecule has 2 nitrogen and oxygen atoms in total. The summed E-state index contributed by atoms with van der Waals surface area (Å²) in [6.45, 7) is 6.77. The third kappa shape index (κ3) is 4.35. The molecule has 0 aliphatic heterocycles. The topological polar surface area (TPSA) is 35.2 Å². The predicted octanol–water partition coefficient (Wildman–Crippen LogP) is 3.81. The molecular formula is C13H21NOS. The molecule has 0 saturated carbocycles. The molecule has 90 valence electrons. The van der Waals surface area contributed by atoms with Gasteiger partial charge >= 0.3 is 0 Å². The lowest BCUT2D eigenvalue weighted by molar-refractivity contribution is 0.399. The highest BCUT2D eigenvalue weighted by molar-refractivity contribution is 7.99. The lowest BCUT2D eigenvalue weighted by atomic mass is 9.94. The molecule has 1 aromatic rings. The van der Waals surface area contributed by atoms with Crippen molar-refractivity contribution >= 4 is 17.4 Å². The Bertz CT molecular complexity index is 344. The standard InChI is InChI=1S/C13H21NOS/c1-13(2,3)7-8-16-12-6-5-10(14)9-11(12)15-4/h5-6,9H,7-8,14H2,1-4H3. The molecule has 0 aromatic heterocycles. The van der Waals surface area contributed by atoms with Crippen LogP contribution in [0.15, 0.2) is 23.1 Å². The number of nitrogens with two attached hydrogens (primary N) is 1. The van der Waals surface area contributed by atoms with Crippen LogP contribution in [0.2, 0.25) is 0 Å². The van der Waals surface area contributed by atoms with Crippen molar-refractivity contribution in [3.63, 3.8) is 0 Å². The summed E-state index contributed by atoms with van der Waals surface area (Å²) in [4.78, 5) is 1.17. The van der Waals surface area contributed by atoms with Gasteiger partial charge in [0.15, 0.2) is 0 Å². The van der Waals surface area contributed by atoms with Crippen molar-refractivity contribution in [3.05, 3.63) is 18.2 Å². The normalized spacial score (nSPS) is 11.5. The van der Waals surface area contributed by atoms with Crippen molar-refractivity contribution in [3.8, 4) is 5.75 Å². The SMILES string of the molecule is COc1cc(N)ccc1SCCC(C)(C)C. The minimum atomic E-state index is 0.383. The second kappa shape index (κ2) is 5.48. The summed E-state index contributed by atoms with van der Waals surface area (Å²) in [7, 11) is 1.68. The molecule has 0 radical (unpaired) electrons. The predicted molar refractivity (Wildman–Crippen MR) is 72.2 cm³/mol. The van der Waals surface area contributed by atoms with Crippen LogP contribution in [0.4, 0.5) is 5.69 Å².